The van der Waals surface area contributed by atoms with E-state index in [0.29, 0.717) is 6.10 Å². The Morgan fingerprint density at radius 1 is 1.10 bits per heavy atom. The van der Waals surface area contributed by atoms with Gasteiger partial charge in [-0.25, -0.2) is 0 Å². The molecule has 0 aromatic heterocycles. The summed E-state index contributed by atoms with van der Waals surface area (Å²) in [6.07, 6.45) is 11.1. The molecular formula is C19H30O. The molecular weight excluding hydrogens is 244 g/mol. The van der Waals surface area contributed by atoms with Crippen LogP contribution in [0.5, 0.6) is 0 Å². The van der Waals surface area contributed by atoms with Crippen LogP contribution in [0.1, 0.15) is 70.5 Å². The van der Waals surface area contributed by atoms with Gasteiger partial charge in [-0.2, -0.15) is 0 Å². The van der Waals surface area contributed by atoms with Crippen molar-refractivity contribution in [3.05, 3.63) is 48.6 Å². The molecule has 1 rings (SSSR count). The Kier molecular flexibility index (Phi) is 9.06. The lowest BCUT2D eigenvalue weighted by atomic mass is 10.1. The van der Waals surface area contributed by atoms with E-state index in [1.165, 1.54) is 37.7 Å². The first kappa shape index (κ1) is 17.0. The molecule has 1 aromatic rings. The molecule has 0 aliphatic rings. The molecule has 0 spiro atoms. The molecule has 0 fully saturated rings. The molecule has 0 saturated heterocycles. The van der Waals surface area contributed by atoms with E-state index in [1.807, 2.05) is 12.1 Å². The maximum Gasteiger partial charge on any atom is 0.0800 e. The molecule has 20 heavy (non-hydrogen) atoms. The molecule has 0 aliphatic carbocycles. The van der Waals surface area contributed by atoms with Gasteiger partial charge in [0.25, 0.3) is 0 Å². The summed E-state index contributed by atoms with van der Waals surface area (Å²) >= 11 is 0. The molecule has 1 heteroatoms. The number of hydrogen-bond donors (Lipinski definition) is 0. The van der Waals surface area contributed by atoms with Gasteiger partial charge in [-0.3, -0.25) is 0 Å². The summed E-state index contributed by atoms with van der Waals surface area (Å²) in [5.41, 5.74) is 1.26. The standard InChI is InChI=1S/C19H30O/c1-4-6-7-8-12-16-19(13-5-2)20-17(3)18-14-10-9-11-15-18/h5,9-11,14-15,17,19H,2,4,6-8,12-13,16H2,1,3H3. The largest absolute Gasteiger partial charge is 0.370 e. The zero-order chi connectivity index (χ0) is 14.6. The monoisotopic (exact) mass is 274 g/mol. The predicted octanol–water partition coefficient (Wildman–Crippen LogP) is 6.07. The smallest absolute Gasteiger partial charge is 0.0800 e. The maximum absolute atomic E-state index is 6.21. The minimum Gasteiger partial charge on any atom is -0.370 e. The van der Waals surface area contributed by atoms with Crippen molar-refractivity contribution in [2.75, 3.05) is 0 Å². The second kappa shape index (κ2) is 10.7. The van der Waals surface area contributed by atoms with E-state index in [9.17, 15) is 0 Å². The third kappa shape index (κ3) is 6.91. The summed E-state index contributed by atoms with van der Waals surface area (Å²) in [4.78, 5) is 0. The van der Waals surface area contributed by atoms with Crippen molar-refractivity contribution in [3.63, 3.8) is 0 Å². The summed E-state index contributed by atoms with van der Waals surface area (Å²) in [6.45, 7) is 8.25. The first-order valence-corrected chi connectivity index (χ1v) is 8.09. The van der Waals surface area contributed by atoms with E-state index in [4.69, 9.17) is 4.74 Å². The van der Waals surface area contributed by atoms with Gasteiger partial charge in [-0.1, -0.05) is 75.4 Å². The SMILES string of the molecule is C=CCC(CCCCCCC)OC(C)c1ccccc1. The van der Waals surface area contributed by atoms with Gasteiger partial charge in [0.2, 0.25) is 0 Å². The second-order valence-corrected chi connectivity index (χ2v) is 5.54. The topological polar surface area (TPSA) is 9.23 Å². The van der Waals surface area contributed by atoms with Crippen molar-refractivity contribution in [1.29, 1.82) is 0 Å². The van der Waals surface area contributed by atoms with Gasteiger partial charge in [-0.05, 0) is 25.3 Å². The van der Waals surface area contributed by atoms with E-state index >= 15 is 0 Å². The number of benzene rings is 1. The fraction of sp³-hybridized carbons (Fsp3) is 0.579. The van der Waals surface area contributed by atoms with Crippen molar-refractivity contribution in [1.82, 2.24) is 0 Å². The average Bonchev–Trinajstić information content (AvgIpc) is 2.48. The van der Waals surface area contributed by atoms with E-state index < -0.39 is 0 Å². The highest BCUT2D eigenvalue weighted by molar-refractivity contribution is 5.16. The van der Waals surface area contributed by atoms with Crippen LogP contribution in [0.4, 0.5) is 0 Å². The van der Waals surface area contributed by atoms with E-state index in [1.54, 1.807) is 0 Å². The number of hydrogen-bond acceptors (Lipinski definition) is 1. The van der Waals surface area contributed by atoms with E-state index in [2.05, 4.69) is 44.7 Å². The van der Waals surface area contributed by atoms with Gasteiger partial charge < -0.3 is 4.74 Å². The lowest BCUT2D eigenvalue weighted by Gasteiger charge is -2.22. The van der Waals surface area contributed by atoms with Crippen molar-refractivity contribution < 1.29 is 4.74 Å². The highest BCUT2D eigenvalue weighted by Gasteiger charge is 2.13. The summed E-state index contributed by atoms with van der Waals surface area (Å²) in [5, 5.41) is 0. The van der Waals surface area contributed by atoms with Crippen molar-refractivity contribution in [2.45, 2.75) is 71.0 Å². The van der Waals surface area contributed by atoms with Gasteiger partial charge in [0.15, 0.2) is 0 Å². The molecule has 0 N–H and O–H groups in total. The van der Waals surface area contributed by atoms with Gasteiger partial charge in [0.05, 0.1) is 12.2 Å². The zero-order valence-electron chi connectivity index (χ0n) is 13.2. The van der Waals surface area contributed by atoms with Crippen LogP contribution in [0.25, 0.3) is 0 Å². The number of unbranched alkanes of at least 4 members (excludes halogenated alkanes) is 4. The molecule has 0 aliphatic heterocycles. The lowest BCUT2D eigenvalue weighted by Crippen LogP contribution is -2.15. The van der Waals surface area contributed by atoms with Gasteiger partial charge in [0.1, 0.15) is 0 Å². The number of rotatable bonds is 11. The third-order valence-electron chi connectivity index (χ3n) is 3.72. The summed E-state index contributed by atoms with van der Waals surface area (Å²) < 4.78 is 6.21. The Bertz CT molecular complexity index is 344. The van der Waals surface area contributed by atoms with Crippen molar-refractivity contribution >= 4 is 0 Å². The molecule has 0 heterocycles. The fourth-order valence-electron chi connectivity index (χ4n) is 2.49. The lowest BCUT2D eigenvalue weighted by molar-refractivity contribution is -0.00728. The van der Waals surface area contributed by atoms with Crippen molar-refractivity contribution in [3.8, 4) is 0 Å². The van der Waals surface area contributed by atoms with Gasteiger partial charge in [-0.15, -0.1) is 6.58 Å². The number of ether oxygens (including phenoxy) is 1. The molecule has 0 bridgehead atoms. The molecule has 2 atom stereocenters. The molecule has 0 radical (unpaired) electrons. The average molecular weight is 274 g/mol. The Balaban J connectivity index is 2.36. The zero-order valence-corrected chi connectivity index (χ0v) is 13.2. The van der Waals surface area contributed by atoms with Crippen LogP contribution in [0.2, 0.25) is 0 Å². The Labute approximate surface area is 125 Å². The van der Waals surface area contributed by atoms with Crippen LogP contribution < -0.4 is 0 Å². The van der Waals surface area contributed by atoms with Crippen LogP contribution in [0.3, 0.4) is 0 Å². The molecule has 2 unspecified atom stereocenters. The van der Waals surface area contributed by atoms with E-state index in [-0.39, 0.29) is 6.10 Å². The van der Waals surface area contributed by atoms with Crippen LogP contribution in [-0.4, -0.2) is 6.10 Å². The first-order valence-electron chi connectivity index (χ1n) is 8.09. The predicted molar refractivity (Wildman–Crippen MR) is 87.9 cm³/mol. The van der Waals surface area contributed by atoms with Crippen molar-refractivity contribution in [2.24, 2.45) is 0 Å². The fourth-order valence-corrected chi connectivity index (χ4v) is 2.49. The third-order valence-corrected chi connectivity index (χ3v) is 3.72. The van der Waals surface area contributed by atoms with Gasteiger partial charge >= 0.3 is 0 Å². The highest BCUT2D eigenvalue weighted by Crippen LogP contribution is 2.22. The molecule has 1 nitrogen and oxygen atoms in total. The van der Waals surface area contributed by atoms with Crippen LogP contribution in [0, 0.1) is 0 Å². The molecule has 0 amide bonds. The Morgan fingerprint density at radius 3 is 2.45 bits per heavy atom. The minimum absolute atomic E-state index is 0.164. The molecule has 1 aromatic carbocycles. The molecule has 0 saturated carbocycles. The Morgan fingerprint density at radius 2 is 1.80 bits per heavy atom. The summed E-state index contributed by atoms with van der Waals surface area (Å²) in [6, 6.07) is 10.5. The minimum atomic E-state index is 0.164. The highest BCUT2D eigenvalue weighted by atomic mass is 16.5. The maximum atomic E-state index is 6.21. The summed E-state index contributed by atoms with van der Waals surface area (Å²) in [5.74, 6) is 0. The van der Waals surface area contributed by atoms with Crippen LogP contribution >= 0.6 is 0 Å². The first-order chi connectivity index (χ1) is 9.77. The normalized spacial score (nSPS) is 13.9. The second-order valence-electron chi connectivity index (χ2n) is 5.54. The Hall–Kier alpha value is -1.08. The van der Waals surface area contributed by atoms with E-state index in [0.717, 1.165) is 12.8 Å². The summed E-state index contributed by atoms with van der Waals surface area (Å²) in [7, 11) is 0. The van der Waals surface area contributed by atoms with Gasteiger partial charge in [0, 0.05) is 0 Å². The quantitative estimate of drug-likeness (QED) is 0.351. The van der Waals surface area contributed by atoms with Crippen LogP contribution in [-0.2, 0) is 4.74 Å². The van der Waals surface area contributed by atoms with Crippen LogP contribution in [0.15, 0.2) is 43.0 Å². The molecule has 112 valence electrons.